The van der Waals surface area contributed by atoms with Crippen molar-refractivity contribution in [1.82, 2.24) is 0 Å². The van der Waals surface area contributed by atoms with Gasteiger partial charge in [-0.3, -0.25) is 9.59 Å². The molecule has 0 saturated heterocycles. The highest BCUT2D eigenvalue weighted by molar-refractivity contribution is 6.00. The minimum atomic E-state index is -0.181. The molecule has 18 heavy (non-hydrogen) atoms. The second kappa shape index (κ2) is 6.59. The summed E-state index contributed by atoms with van der Waals surface area (Å²) in [4.78, 5) is 22.8. The molecule has 0 atom stereocenters. The van der Waals surface area contributed by atoms with Crippen molar-refractivity contribution in [2.24, 2.45) is 0 Å². The number of amides is 2. The van der Waals surface area contributed by atoms with Gasteiger partial charge in [0.15, 0.2) is 0 Å². The number of carbonyl (C=O) groups is 2. The predicted octanol–water partition coefficient (Wildman–Crippen LogP) is 2.86. The molecule has 4 heteroatoms. The molecular formula is C14H18N2O2. The van der Waals surface area contributed by atoms with Crippen molar-refractivity contribution in [3.05, 3.63) is 35.9 Å². The van der Waals surface area contributed by atoms with Crippen LogP contribution in [0.3, 0.4) is 0 Å². The smallest absolute Gasteiger partial charge is 0.248 e. The van der Waals surface area contributed by atoms with Crippen LogP contribution in [0.2, 0.25) is 0 Å². The van der Waals surface area contributed by atoms with Crippen LogP contribution < -0.4 is 10.6 Å². The number of hydrogen-bond donors (Lipinski definition) is 2. The zero-order valence-electron chi connectivity index (χ0n) is 10.9. The van der Waals surface area contributed by atoms with Crippen molar-refractivity contribution in [2.45, 2.75) is 27.2 Å². The van der Waals surface area contributed by atoms with Crippen LogP contribution in [0.15, 0.2) is 30.4 Å². The van der Waals surface area contributed by atoms with Crippen LogP contribution in [0, 0.1) is 6.92 Å². The van der Waals surface area contributed by atoms with Gasteiger partial charge in [-0.15, -0.1) is 0 Å². The third-order valence-corrected chi connectivity index (χ3v) is 2.42. The molecule has 96 valence electrons. The lowest BCUT2D eigenvalue weighted by molar-refractivity contribution is -0.116. The molecule has 0 aliphatic heterocycles. The Morgan fingerprint density at radius 1 is 1.28 bits per heavy atom. The molecule has 1 aromatic rings. The van der Waals surface area contributed by atoms with Crippen molar-refractivity contribution in [3.63, 3.8) is 0 Å². The van der Waals surface area contributed by atoms with E-state index >= 15 is 0 Å². The quantitative estimate of drug-likeness (QED) is 0.802. The second-order valence-electron chi connectivity index (χ2n) is 3.92. The van der Waals surface area contributed by atoms with E-state index in [-0.39, 0.29) is 11.8 Å². The van der Waals surface area contributed by atoms with Crippen molar-refractivity contribution in [1.29, 1.82) is 0 Å². The molecule has 0 fully saturated rings. The van der Waals surface area contributed by atoms with Crippen molar-refractivity contribution in [3.8, 4) is 0 Å². The minimum absolute atomic E-state index is 0.0513. The molecule has 2 amide bonds. The number of carbonyl (C=O) groups excluding carboxylic acids is 2. The van der Waals surface area contributed by atoms with E-state index in [1.807, 2.05) is 19.1 Å². The SMILES string of the molecule is CC=CC(=O)Nc1cc(NC(=O)CC)ccc1C. The van der Waals surface area contributed by atoms with Gasteiger partial charge in [0, 0.05) is 17.8 Å². The van der Waals surface area contributed by atoms with Crippen molar-refractivity contribution < 1.29 is 9.59 Å². The maximum absolute atomic E-state index is 11.5. The van der Waals surface area contributed by atoms with Crippen LogP contribution in [0.5, 0.6) is 0 Å². The predicted molar refractivity (Wildman–Crippen MR) is 73.5 cm³/mol. The highest BCUT2D eigenvalue weighted by Crippen LogP contribution is 2.20. The van der Waals surface area contributed by atoms with Gasteiger partial charge in [0.2, 0.25) is 11.8 Å². The topological polar surface area (TPSA) is 58.2 Å². The number of anilines is 2. The number of aryl methyl sites for hydroxylation is 1. The number of rotatable bonds is 4. The Morgan fingerprint density at radius 2 is 2.00 bits per heavy atom. The summed E-state index contributed by atoms with van der Waals surface area (Å²) in [6.45, 7) is 5.47. The first-order valence-corrected chi connectivity index (χ1v) is 5.91. The molecule has 0 aromatic heterocycles. The van der Waals surface area contributed by atoms with E-state index in [2.05, 4.69) is 10.6 Å². The molecular weight excluding hydrogens is 228 g/mol. The maximum atomic E-state index is 11.5. The molecule has 0 saturated carbocycles. The molecule has 4 nitrogen and oxygen atoms in total. The molecule has 0 heterocycles. The van der Waals surface area contributed by atoms with Crippen LogP contribution >= 0.6 is 0 Å². The van der Waals surface area contributed by atoms with E-state index in [4.69, 9.17) is 0 Å². The van der Waals surface area contributed by atoms with Gasteiger partial charge in [0.05, 0.1) is 0 Å². The lowest BCUT2D eigenvalue weighted by atomic mass is 10.1. The summed E-state index contributed by atoms with van der Waals surface area (Å²) in [5, 5.41) is 5.52. The fourth-order valence-electron chi connectivity index (χ4n) is 1.41. The van der Waals surface area contributed by atoms with Crippen LogP contribution in [0.1, 0.15) is 25.8 Å². The summed E-state index contributed by atoms with van der Waals surface area (Å²) < 4.78 is 0. The third kappa shape index (κ3) is 4.05. The van der Waals surface area contributed by atoms with E-state index in [1.54, 1.807) is 26.0 Å². The standard InChI is InChI=1S/C14H18N2O2/c1-4-6-14(18)16-12-9-11(8-7-10(12)3)15-13(17)5-2/h4,6-9H,5H2,1-3H3,(H,15,17)(H,16,18). The van der Waals surface area contributed by atoms with E-state index in [0.29, 0.717) is 17.8 Å². The van der Waals surface area contributed by atoms with E-state index in [9.17, 15) is 9.59 Å². The molecule has 0 radical (unpaired) electrons. The summed E-state index contributed by atoms with van der Waals surface area (Å²) in [6.07, 6.45) is 3.55. The average molecular weight is 246 g/mol. The Labute approximate surface area is 107 Å². The van der Waals surface area contributed by atoms with Crippen LogP contribution in [0.4, 0.5) is 11.4 Å². The maximum Gasteiger partial charge on any atom is 0.248 e. The Bertz CT molecular complexity index is 479. The average Bonchev–Trinajstić information content (AvgIpc) is 2.33. The second-order valence-corrected chi connectivity index (χ2v) is 3.92. The molecule has 0 aliphatic carbocycles. The van der Waals surface area contributed by atoms with E-state index in [1.165, 1.54) is 6.08 Å². The number of allylic oxidation sites excluding steroid dienone is 1. The van der Waals surface area contributed by atoms with Gasteiger partial charge in [0.25, 0.3) is 0 Å². The molecule has 1 aromatic carbocycles. The van der Waals surface area contributed by atoms with Gasteiger partial charge < -0.3 is 10.6 Å². The van der Waals surface area contributed by atoms with Crippen LogP contribution in [0.25, 0.3) is 0 Å². The van der Waals surface area contributed by atoms with E-state index < -0.39 is 0 Å². The highest BCUT2D eigenvalue weighted by Gasteiger charge is 2.05. The number of nitrogens with one attached hydrogen (secondary N) is 2. The van der Waals surface area contributed by atoms with Gasteiger partial charge in [-0.2, -0.15) is 0 Å². The van der Waals surface area contributed by atoms with E-state index in [0.717, 1.165) is 5.56 Å². The minimum Gasteiger partial charge on any atom is -0.326 e. The van der Waals surface area contributed by atoms with Gasteiger partial charge >= 0.3 is 0 Å². The third-order valence-electron chi connectivity index (χ3n) is 2.42. The monoisotopic (exact) mass is 246 g/mol. The zero-order valence-corrected chi connectivity index (χ0v) is 10.9. The van der Waals surface area contributed by atoms with Crippen LogP contribution in [-0.2, 0) is 9.59 Å². The molecule has 0 spiro atoms. The lowest BCUT2D eigenvalue weighted by Crippen LogP contribution is -2.12. The summed E-state index contributed by atoms with van der Waals surface area (Å²) >= 11 is 0. The Hall–Kier alpha value is -2.10. The summed E-state index contributed by atoms with van der Waals surface area (Å²) in [6, 6.07) is 5.43. The number of hydrogen-bond acceptors (Lipinski definition) is 2. The van der Waals surface area contributed by atoms with Gasteiger partial charge in [-0.05, 0) is 37.6 Å². The summed E-state index contributed by atoms with van der Waals surface area (Å²) in [5.74, 6) is -0.232. The molecule has 0 aliphatic rings. The molecule has 0 unspecified atom stereocenters. The van der Waals surface area contributed by atoms with Crippen LogP contribution in [-0.4, -0.2) is 11.8 Å². The summed E-state index contributed by atoms with van der Waals surface area (Å²) in [7, 11) is 0. The van der Waals surface area contributed by atoms with Gasteiger partial charge in [-0.1, -0.05) is 19.1 Å². The highest BCUT2D eigenvalue weighted by atomic mass is 16.2. The molecule has 2 N–H and O–H groups in total. The zero-order chi connectivity index (χ0) is 13.5. The van der Waals surface area contributed by atoms with Gasteiger partial charge in [-0.25, -0.2) is 0 Å². The number of benzene rings is 1. The molecule has 0 bridgehead atoms. The Balaban J connectivity index is 2.87. The normalized spacial score (nSPS) is 10.4. The first-order chi connectivity index (χ1) is 8.56. The first kappa shape index (κ1) is 14.0. The fourth-order valence-corrected chi connectivity index (χ4v) is 1.41. The fraction of sp³-hybridized carbons (Fsp3) is 0.286. The van der Waals surface area contributed by atoms with Crippen molar-refractivity contribution in [2.75, 3.05) is 10.6 Å². The molecule has 1 rings (SSSR count). The summed E-state index contributed by atoms with van der Waals surface area (Å²) in [5.41, 5.74) is 2.33. The van der Waals surface area contributed by atoms with Gasteiger partial charge in [0.1, 0.15) is 0 Å². The largest absolute Gasteiger partial charge is 0.326 e. The Kier molecular flexibility index (Phi) is 5.11. The Morgan fingerprint density at radius 3 is 2.61 bits per heavy atom. The lowest BCUT2D eigenvalue weighted by Gasteiger charge is -2.10. The first-order valence-electron chi connectivity index (χ1n) is 5.91. The van der Waals surface area contributed by atoms with Crippen molar-refractivity contribution >= 4 is 23.2 Å².